The van der Waals surface area contributed by atoms with E-state index in [9.17, 15) is 19.2 Å². The highest BCUT2D eigenvalue weighted by atomic mass is 16.5. The summed E-state index contributed by atoms with van der Waals surface area (Å²) in [5.41, 5.74) is 1.59. The number of methoxy groups -OCH3 is 1. The van der Waals surface area contributed by atoms with E-state index in [1.807, 2.05) is 42.5 Å². The monoisotopic (exact) mass is 492 g/mol. The van der Waals surface area contributed by atoms with Crippen LogP contribution in [-0.2, 0) is 9.53 Å². The molecule has 4 aromatic rings. The van der Waals surface area contributed by atoms with E-state index in [1.54, 1.807) is 35.2 Å². The largest absolute Gasteiger partial charge is 0.465 e. The number of rotatable bonds is 7. The maximum absolute atomic E-state index is 13.9. The van der Waals surface area contributed by atoms with Gasteiger partial charge >= 0.3 is 5.97 Å². The van der Waals surface area contributed by atoms with Gasteiger partial charge < -0.3 is 14.6 Å². The molecule has 5 rings (SSSR count). The summed E-state index contributed by atoms with van der Waals surface area (Å²) >= 11 is 0. The van der Waals surface area contributed by atoms with E-state index in [2.05, 4.69) is 4.98 Å². The van der Waals surface area contributed by atoms with Crippen molar-refractivity contribution in [2.75, 3.05) is 13.7 Å². The van der Waals surface area contributed by atoms with Gasteiger partial charge in [-0.15, -0.1) is 0 Å². The van der Waals surface area contributed by atoms with E-state index < -0.39 is 17.9 Å². The maximum Gasteiger partial charge on any atom is 0.337 e. The number of aromatic nitrogens is 1. The van der Waals surface area contributed by atoms with E-state index in [1.165, 1.54) is 31.6 Å². The predicted molar refractivity (Wildman–Crippen MR) is 139 cm³/mol. The summed E-state index contributed by atoms with van der Waals surface area (Å²) in [6, 6.07) is 21.1. The lowest BCUT2D eigenvalue weighted by Crippen LogP contribution is -2.36. The molecule has 1 aromatic heterocycles. The number of benzene rings is 3. The number of Topliss-reactive ketones (excluding diaryl/α,β-unsaturated/α-hetero) is 1. The molecule has 1 aliphatic heterocycles. The number of carbonyl (C=O) groups excluding carboxylic acids is 3. The number of hydrogen-bond acceptors (Lipinski definition) is 5. The Bertz CT molecular complexity index is 1580. The summed E-state index contributed by atoms with van der Waals surface area (Å²) in [6.07, 6.45) is 6.15. The molecular weight excluding hydrogens is 468 g/mol. The number of aromatic amines is 1. The molecule has 0 saturated heterocycles. The van der Waals surface area contributed by atoms with Crippen molar-refractivity contribution in [3.63, 3.8) is 0 Å². The Kier molecular flexibility index (Phi) is 6.51. The Labute approximate surface area is 213 Å². The Balaban J connectivity index is 1.56. The van der Waals surface area contributed by atoms with E-state index >= 15 is 0 Å². The Morgan fingerprint density at radius 3 is 2.49 bits per heavy atom. The fourth-order valence-corrected chi connectivity index (χ4v) is 4.81. The number of fused-ring (bicyclic) bond motifs is 1. The summed E-state index contributed by atoms with van der Waals surface area (Å²) in [6.45, 7) is 0.0659. The minimum atomic E-state index is -0.782. The fourth-order valence-electron chi connectivity index (χ4n) is 4.81. The smallest absolute Gasteiger partial charge is 0.337 e. The molecule has 7 nitrogen and oxygen atoms in total. The van der Waals surface area contributed by atoms with Crippen LogP contribution in [0.25, 0.3) is 10.8 Å². The van der Waals surface area contributed by atoms with Gasteiger partial charge in [-0.25, -0.2) is 4.79 Å². The van der Waals surface area contributed by atoms with Gasteiger partial charge in [0.25, 0.3) is 0 Å². The summed E-state index contributed by atoms with van der Waals surface area (Å²) in [5.74, 6) is -1.83. The van der Waals surface area contributed by atoms with Crippen LogP contribution in [0.1, 0.15) is 43.8 Å². The Morgan fingerprint density at radius 1 is 0.973 bits per heavy atom. The lowest BCUT2D eigenvalue weighted by molar-refractivity contribution is -0.126. The molecular formula is C30H24N2O5. The number of hydrogen-bond donors (Lipinski definition) is 1. The Hall–Kier alpha value is -4.78. The summed E-state index contributed by atoms with van der Waals surface area (Å²) in [5, 5.41) is 1.84. The van der Waals surface area contributed by atoms with Crippen LogP contribution in [0.4, 0.5) is 0 Å². The summed E-state index contributed by atoms with van der Waals surface area (Å²) in [4.78, 5) is 55.8. The first-order chi connectivity index (χ1) is 18.0. The molecule has 3 aromatic carbocycles. The predicted octanol–water partition coefficient (Wildman–Crippen LogP) is 4.42. The topological polar surface area (TPSA) is 96.5 Å². The van der Waals surface area contributed by atoms with Crippen molar-refractivity contribution < 1.29 is 19.1 Å². The third-order valence-electron chi connectivity index (χ3n) is 6.70. The molecule has 7 heteroatoms. The second kappa shape index (κ2) is 10.1. The number of esters is 1. The molecule has 2 heterocycles. The lowest BCUT2D eigenvalue weighted by atomic mass is 9.87. The van der Waals surface area contributed by atoms with Crippen LogP contribution in [0.2, 0.25) is 0 Å². The van der Waals surface area contributed by atoms with Crippen molar-refractivity contribution in [3.05, 3.63) is 130 Å². The first-order valence-electron chi connectivity index (χ1n) is 11.8. The van der Waals surface area contributed by atoms with Crippen LogP contribution in [0, 0.1) is 0 Å². The summed E-state index contributed by atoms with van der Waals surface area (Å²) in [7, 11) is 1.32. The van der Waals surface area contributed by atoms with E-state index in [-0.39, 0.29) is 29.2 Å². The standard InChI is InChI=1S/C30H24N2O5/c1-37-30(36)21-11-9-20(10-12-21)26-13-14-28(34)32(26)18-25(29(35)24-17-31-16-15-27(24)33)23-8-4-6-19-5-2-3-7-22(19)23/h2-17,25-26H,18H2,1H3,(H,31,33). The number of H-pyrrole nitrogens is 1. The van der Waals surface area contributed by atoms with Gasteiger partial charge in [-0.3, -0.25) is 14.4 Å². The van der Waals surface area contributed by atoms with Crippen LogP contribution in [0.5, 0.6) is 0 Å². The van der Waals surface area contributed by atoms with Gasteiger partial charge in [0.05, 0.1) is 30.2 Å². The van der Waals surface area contributed by atoms with Gasteiger partial charge in [0, 0.05) is 31.1 Å². The normalized spacial score (nSPS) is 15.6. The van der Waals surface area contributed by atoms with Crippen molar-refractivity contribution in [1.82, 2.24) is 9.88 Å². The van der Waals surface area contributed by atoms with Crippen LogP contribution in [-0.4, -0.2) is 41.2 Å². The second-order valence-electron chi connectivity index (χ2n) is 8.82. The molecule has 0 saturated carbocycles. The molecule has 0 fully saturated rings. The molecule has 1 N–H and O–H groups in total. The molecule has 1 amide bonds. The van der Waals surface area contributed by atoms with Crippen LogP contribution < -0.4 is 5.43 Å². The van der Waals surface area contributed by atoms with E-state index in [4.69, 9.17) is 4.74 Å². The molecule has 0 aliphatic carbocycles. The van der Waals surface area contributed by atoms with Crippen molar-refractivity contribution in [2.24, 2.45) is 0 Å². The SMILES string of the molecule is COC(=O)c1ccc(C2C=CC(=O)N2CC(C(=O)c2c[nH]ccc2=O)c2cccc3ccccc23)cc1. The fraction of sp³-hybridized carbons (Fsp3) is 0.133. The minimum Gasteiger partial charge on any atom is -0.465 e. The quantitative estimate of drug-likeness (QED) is 0.304. The van der Waals surface area contributed by atoms with Gasteiger partial charge in [-0.2, -0.15) is 0 Å². The van der Waals surface area contributed by atoms with Crippen LogP contribution in [0.15, 0.2) is 102 Å². The van der Waals surface area contributed by atoms with Crippen molar-refractivity contribution >= 4 is 28.4 Å². The zero-order chi connectivity index (χ0) is 25.9. The highest BCUT2D eigenvalue weighted by Gasteiger charge is 2.34. The summed E-state index contributed by atoms with van der Waals surface area (Å²) < 4.78 is 4.77. The molecule has 2 atom stereocenters. The zero-order valence-corrected chi connectivity index (χ0v) is 20.1. The molecule has 184 valence electrons. The number of amides is 1. The number of carbonyl (C=O) groups is 3. The third-order valence-corrected chi connectivity index (χ3v) is 6.70. The zero-order valence-electron chi connectivity index (χ0n) is 20.1. The van der Waals surface area contributed by atoms with E-state index in [0.717, 1.165) is 21.9 Å². The number of pyridine rings is 1. The first kappa shape index (κ1) is 23.9. The van der Waals surface area contributed by atoms with Gasteiger partial charge in [0.1, 0.15) is 0 Å². The average molecular weight is 493 g/mol. The number of nitrogens with one attached hydrogen (secondary N) is 1. The van der Waals surface area contributed by atoms with E-state index in [0.29, 0.717) is 5.56 Å². The van der Waals surface area contributed by atoms with Gasteiger partial charge in [-0.05, 0) is 34.0 Å². The van der Waals surface area contributed by atoms with Gasteiger partial charge in [0.15, 0.2) is 11.2 Å². The minimum absolute atomic E-state index is 0.0408. The molecule has 0 bridgehead atoms. The molecule has 37 heavy (non-hydrogen) atoms. The van der Waals surface area contributed by atoms with Crippen LogP contribution >= 0.6 is 0 Å². The number of ketones is 1. The van der Waals surface area contributed by atoms with Crippen molar-refractivity contribution in [2.45, 2.75) is 12.0 Å². The Morgan fingerprint density at radius 2 is 1.73 bits per heavy atom. The highest BCUT2D eigenvalue weighted by molar-refractivity contribution is 6.04. The van der Waals surface area contributed by atoms with Crippen LogP contribution in [0.3, 0.4) is 0 Å². The number of nitrogens with zero attached hydrogens (tertiary/aromatic N) is 1. The molecule has 0 spiro atoms. The van der Waals surface area contributed by atoms with Crippen molar-refractivity contribution in [1.29, 1.82) is 0 Å². The first-order valence-corrected chi connectivity index (χ1v) is 11.8. The number of ether oxygens (including phenoxy) is 1. The molecule has 0 radical (unpaired) electrons. The third kappa shape index (κ3) is 4.59. The highest BCUT2D eigenvalue weighted by Crippen LogP contribution is 2.34. The molecule has 1 aliphatic rings. The van der Waals surface area contributed by atoms with Gasteiger partial charge in [-0.1, -0.05) is 60.7 Å². The average Bonchev–Trinajstić information content (AvgIpc) is 3.30. The maximum atomic E-state index is 13.9. The molecule has 2 unspecified atom stereocenters. The van der Waals surface area contributed by atoms with Crippen molar-refractivity contribution in [3.8, 4) is 0 Å². The van der Waals surface area contributed by atoms with Gasteiger partial charge in [0.2, 0.25) is 5.91 Å². The lowest BCUT2D eigenvalue weighted by Gasteiger charge is -2.30. The second-order valence-corrected chi connectivity index (χ2v) is 8.82.